The average Bonchev–Trinajstić information content (AvgIpc) is 2.28. The summed E-state index contributed by atoms with van der Waals surface area (Å²) in [7, 11) is 0. The van der Waals surface area contributed by atoms with Gasteiger partial charge in [0, 0.05) is 11.4 Å². The Balaban J connectivity index is 2.71. The Kier molecular flexibility index (Phi) is 5.02. The molecule has 0 atom stereocenters. The fraction of sp³-hybridized carbons (Fsp3) is 0.143. The first-order valence-corrected chi connectivity index (χ1v) is 5.18. The Morgan fingerprint density at radius 3 is 2.67 bits per heavy atom. The molecule has 0 aliphatic rings. The van der Waals surface area contributed by atoms with Crippen molar-refractivity contribution >= 4 is 5.69 Å². The topological polar surface area (TPSA) is 12.0 Å². The van der Waals surface area contributed by atoms with Crippen molar-refractivity contribution in [1.82, 2.24) is 0 Å². The van der Waals surface area contributed by atoms with Gasteiger partial charge in [0.15, 0.2) is 0 Å². The SMILES string of the molecule is C=C/C=C\C(=C/CC)Nc1ccccc1. The van der Waals surface area contributed by atoms with E-state index in [1.165, 1.54) is 0 Å². The van der Waals surface area contributed by atoms with E-state index in [-0.39, 0.29) is 0 Å². The van der Waals surface area contributed by atoms with Gasteiger partial charge in [-0.3, -0.25) is 0 Å². The van der Waals surface area contributed by atoms with Crippen molar-refractivity contribution in [2.45, 2.75) is 13.3 Å². The van der Waals surface area contributed by atoms with Crippen molar-refractivity contribution < 1.29 is 0 Å². The number of hydrogen-bond donors (Lipinski definition) is 1. The van der Waals surface area contributed by atoms with Gasteiger partial charge in [-0.15, -0.1) is 0 Å². The molecule has 1 rings (SSSR count). The Hall–Kier alpha value is -1.76. The molecule has 1 aromatic carbocycles. The van der Waals surface area contributed by atoms with E-state index in [1.807, 2.05) is 42.5 Å². The molecule has 0 aromatic heterocycles. The van der Waals surface area contributed by atoms with E-state index in [4.69, 9.17) is 0 Å². The van der Waals surface area contributed by atoms with E-state index in [2.05, 4.69) is 24.9 Å². The third-order valence-corrected chi connectivity index (χ3v) is 1.90. The second-order valence-corrected chi connectivity index (χ2v) is 3.15. The normalized spacial score (nSPS) is 11.7. The number of rotatable bonds is 5. The first-order chi connectivity index (χ1) is 7.36. The van der Waals surface area contributed by atoms with E-state index in [1.54, 1.807) is 6.08 Å². The van der Waals surface area contributed by atoms with Crippen LogP contribution < -0.4 is 5.32 Å². The predicted octanol–water partition coefficient (Wildman–Crippen LogP) is 4.13. The van der Waals surface area contributed by atoms with Gasteiger partial charge in [0.1, 0.15) is 0 Å². The first kappa shape index (κ1) is 11.3. The fourth-order valence-electron chi connectivity index (χ4n) is 1.24. The minimum Gasteiger partial charge on any atom is -0.356 e. The quantitative estimate of drug-likeness (QED) is 0.703. The van der Waals surface area contributed by atoms with Gasteiger partial charge >= 0.3 is 0 Å². The van der Waals surface area contributed by atoms with Crippen LogP contribution in [-0.4, -0.2) is 0 Å². The van der Waals surface area contributed by atoms with Crippen molar-refractivity contribution in [1.29, 1.82) is 0 Å². The highest BCUT2D eigenvalue weighted by Gasteiger charge is 1.91. The van der Waals surface area contributed by atoms with Gasteiger partial charge in [-0.2, -0.15) is 0 Å². The van der Waals surface area contributed by atoms with Gasteiger partial charge in [0.05, 0.1) is 0 Å². The number of nitrogens with one attached hydrogen (secondary N) is 1. The number of para-hydroxylation sites is 1. The van der Waals surface area contributed by atoms with Crippen molar-refractivity contribution in [3.63, 3.8) is 0 Å². The summed E-state index contributed by atoms with van der Waals surface area (Å²) >= 11 is 0. The molecular weight excluding hydrogens is 182 g/mol. The highest BCUT2D eigenvalue weighted by molar-refractivity contribution is 5.50. The van der Waals surface area contributed by atoms with Gasteiger partial charge in [-0.05, 0) is 24.6 Å². The van der Waals surface area contributed by atoms with Crippen molar-refractivity contribution in [3.8, 4) is 0 Å². The molecule has 0 amide bonds. The minimum absolute atomic E-state index is 1.01. The lowest BCUT2D eigenvalue weighted by Crippen LogP contribution is -1.96. The molecule has 0 aliphatic heterocycles. The number of benzene rings is 1. The maximum atomic E-state index is 3.66. The molecule has 0 saturated heterocycles. The highest BCUT2D eigenvalue weighted by atomic mass is 14.9. The van der Waals surface area contributed by atoms with E-state index < -0.39 is 0 Å². The first-order valence-electron chi connectivity index (χ1n) is 5.18. The number of anilines is 1. The molecule has 0 saturated carbocycles. The fourth-order valence-corrected chi connectivity index (χ4v) is 1.24. The Morgan fingerprint density at radius 2 is 2.07 bits per heavy atom. The molecule has 1 aromatic rings. The summed E-state index contributed by atoms with van der Waals surface area (Å²) in [6.07, 6.45) is 8.88. The third-order valence-electron chi connectivity index (χ3n) is 1.90. The number of allylic oxidation sites excluding steroid dienone is 4. The molecule has 0 unspecified atom stereocenters. The van der Waals surface area contributed by atoms with Crippen molar-refractivity contribution in [2.24, 2.45) is 0 Å². The van der Waals surface area contributed by atoms with Crippen LogP contribution in [0, 0.1) is 0 Å². The molecule has 0 radical (unpaired) electrons. The maximum absolute atomic E-state index is 3.66. The summed E-state index contributed by atoms with van der Waals surface area (Å²) in [4.78, 5) is 0. The van der Waals surface area contributed by atoms with E-state index in [0.717, 1.165) is 17.8 Å². The summed E-state index contributed by atoms with van der Waals surface area (Å²) < 4.78 is 0. The largest absolute Gasteiger partial charge is 0.356 e. The lowest BCUT2D eigenvalue weighted by atomic mass is 10.2. The number of hydrogen-bond acceptors (Lipinski definition) is 1. The van der Waals surface area contributed by atoms with Crippen molar-refractivity contribution in [2.75, 3.05) is 5.32 Å². The monoisotopic (exact) mass is 199 g/mol. The second kappa shape index (κ2) is 6.66. The van der Waals surface area contributed by atoms with Gasteiger partial charge in [0.25, 0.3) is 0 Å². The summed E-state index contributed by atoms with van der Waals surface area (Å²) in [5.41, 5.74) is 2.20. The van der Waals surface area contributed by atoms with Gasteiger partial charge in [-0.1, -0.05) is 49.9 Å². The molecule has 78 valence electrons. The Morgan fingerprint density at radius 1 is 1.33 bits per heavy atom. The smallest absolute Gasteiger partial charge is 0.0384 e. The standard InChI is InChI=1S/C14H17N/c1-3-5-10-13(9-4-2)15-14-11-7-6-8-12-14/h3,5-12,15H,1,4H2,2H3/b10-5-,13-9+. The molecular formula is C14H17N. The highest BCUT2D eigenvalue weighted by Crippen LogP contribution is 2.10. The average molecular weight is 199 g/mol. The summed E-state index contributed by atoms with van der Waals surface area (Å²) in [5.74, 6) is 0. The van der Waals surface area contributed by atoms with Gasteiger partial charge in [0.2, 0.25) is 0 Å². The summed E-state index contributed by atoms with van der Waals surface area (Å²) in [6.45, 7) is 5.78. The summed E-state index contributed by atoms with van der Waals surface area (Å²) in [6, 6.07) is 10.1. The zero-order valence-electron chi connectivity index (χ0n) is 9.11. The third kappa shape index (κ3) is 4.32. The van der Waals surface area contributed by atoms with Crippen LogP contribution in [0.2, 0.25) is 0 Å². The Labute approximate surface area is 91.8 Å². The molecule has 0 heterocycles. The molecule has 0 spiro atoms. The van der Waals surface area contributed by atoms with Crippen LogP contribution in [0.4, 0.5) is 5.69 Å². The maximum Gasteiger partial charge on any atom is 0.0384 e. The lowest BCUT2D eigenvalue weighted by molar-refractivity contribution is 1.20. The molecule has 15 heavy (non-hydrogen) atoms. The van der Waals surface area contributed by atoms with Crippen LogP contribution in [0.25, 0.3) is 0 Å². The molecule has 1 nitrogen and oxygen atoms in total. The van der Waals surface area contributed by atoms with Crippen molar-refractivity contribution in [3.05, 3.63) is 66.9 Å². The van der Waals surface area contributed by atoms with Crippen LogP contribution in [0.3, 0.4) is 0 Å². The van der Waals surface area contributed by atoms with Crippen LogP contribution in [0.1, 0.15) is 13.3 Å². The summed E-state index contributed by atoms with van der Waals surface area (Å²) in [5, 5.41) is 3.34. The molecule has 0 aliphatic carbocycles. The van der Waals surface area contributed by atoms with E-state index in [9.17, 15) is 0 Å². The molecule has 1 N–H and O–H groups in total. The minimum atomic E-state index is 1.01. The second-order valence-electron chi connectivity index (χ2n) is 3.15. The Bertz CT molecular complexity index is 347. The van der Waals surface area contributed by atoms with Crippen LogP contribution in [0.5, 0.6) is 0 Å². The molecule has 0 fully saturated rings. The van der Waals surface area contributed by atoms with Gasteiger partial charge < -0.3 is 5.32 Å². The van der Waals surface area contributed by atoms with E-state index >= 15 is 0 Å². The lowest BCUT2D eigenvalue weighted by Gasteiger charge is -2.06. The predicted molar refractivity (Wildman–Crippen MR) is 67.8 cm³/mol. The van der Waals surface area contributed by atoms with Crippen LogP contribution in [0.15, 0.2) is 66.9 Å². The van der Waals surface area contributed by atoms with Crippen LogP contribution in [-0.2, 0) is 0 Å². The van der Waals surface area contributed by atoms with Gasteiger partial charge in [-0.25, -0.2) is 0 Å². The van der Waals surface area contributed by atoms with Crippen LogP contribution >= 0.6 is 0 Å². The molecule has 0 bridgehead atoms. The van der Waals surface area contributed by atoms with E-state index in [0.29, 0.717) is 0 Å². The zero-order chi connectivity index (χ0) is 10.9. The molecule has 1 heteroatoms. The zero-order valence-corrected chi connectivity index (χ0v) is 9.11.